The van der Waals surface area contributed by atoms with Crippen molar-refractivity contribution in [1.82, 2.24) is 14.7 Å². The number of sulfonamides is 1. The van der Waals surface area contributed by atoms with E-state index in [0.29, 0.717) is 30.0 Å². The Morgan fingerprint density at radius 1 is 1.00 bits per heavy atom. The van der Waals surface area contributed by atoms with E-state index < -0.39 is 21.8 Å². The molecule has 2 aromatic carbocycles. The number of hydrogen-bond donors (Lipinski definition) is 1. The highest BCUT2D eigenvalue weighted by Gasteiger charge is 2.30. The van der Waals surface area contributed by atoms with Crippen LogP contribution in [0, 0.1) is 0 Å². The zero-order chi connectivity index (χ0) is 23.8. The van der Waals surface area contributed by atoms with Crippen molar-refractivity contribution in [2.45, 2.75) is 11.1 Å². The van der Waals surface area contributed by atoms with Gasteiger partial charge in [-0.1, -0.05) is 12.1 Å². The molecule has 12 heteroatoms. The van der Waals surface area contributed by atoms with E-state index in [1.165, 1.54) is 47.1 Å². The summed E-state index contributed by atoms with van der Waals surface area (Å²) >= 11 is 1.75. The molecule has 4 rings (SSSR count). The maximum absolute atomic E-state index is 13.0. The largest absolute Gasteiger partial charge is 0.416 e. The van der Waals surface area contributed by atoms with Gasteiger partial charge in [-0.05, 0) is 42.5 Å². The fourth-order valence-corrected chi connectivity index (χ4v) is 4.84. The molecule has 2 heterocycles. The Kier molecular flexibility index (Phi) is 6.25. The normalized spacial score (nSPS) is 15.0. The Morgan fingerprint density at radius 2 is 1.61 bits per heavy atom. The number of nitrogens with zero attached hydrogens (tertiary/aromatic N) is 3. The molecule has 174 valence electrons. The van der Waals surface area contributed by atoms with Crippen LogP contribution in [0.25, 0.3) is 16.9 Å². The van der Waals surface area contributed by atoms with Crippen LogP contribution >= 0.6 is 11.8 Å². The Labute approximate surface area is 192 Å². The highest BCUT2D eigenvalue weighted by atomic mass is 32.2. The third-order valence-corrected chi connectivity index (χ3v) is 7.02. The highest BCUT2D eigenvalue weighted by molar-refractivity contribution is 7.99. The second kappa shape index (κ2) is 8.84. The topological polar surface area (TPSA) is 98.3 Å². The number of hydrogen-bond acceptors (Lipinski definition) is 5. The average Bonchev–Trinajstić information content (AvgIpc) is 3.24. The second-order valence-electron chi connectivity index (χ2n) is 7.35. The predicted octanol–water partition coefficient (Wildman–Crippen LogP) is 3.39. The minimum atomic E-state index is -4.48. The van der Waals surface area contributed by atoms with Gasteiger partial charge in [0.15, 0.2) is 5.69 Å². The first-order valence-corrected chi connectivity index (χ1v) is 12.5. The summed E-state index contributed by atoms with van der Waals surface area (Å²) in [7, 11) is -3.90. The van der Waals surface area contributed by atoms with Gasteiger partial charge >= 0.3 is 6.18 Å². The summed E-state index contributed by atoms with van der Waals surface area (Å²) in [5.74, 6) is 1.35. The summed E-state index contributed by atoms with van der Waals surface area (Å²) in [5, 5.41) is 9.56. The molecule has 1 aromatic heterocycles. The van der Waals surface area contributed by atoms with Gasteiger partial charge in [-0.2, -0.15) is 30.0 Å². The molecule has 3 aromatic rings. The van der Waals surface area contributed by atoms with E-state index in [9.17, 15) is 26.4 Å². The SMILES string of the molecule is NS(=O)(=O)c1ccc(-n2nc(C(=O)N3CCSCC3)cc2-c2ccc(C(F)(F)F)cc2)cc1. The monoisotopic (exact) mass is 496 g/mol. The van der Waals surface area contributed by atoms with E-state index in [0.717, 1.165) is 23.6 Å². The molecule has 1 amide bonds. The molecule has 1 aliphatic rings. The molecule has 1 aliphatic heterocycles. The van der Waals surface area contributed by atoms with Crippen LogP contribution in [0.3, 0.4) is 0 Å². The lowest BCUT2D eigenvalue weighted by Gasteiger charge is -2.25. The van der Waals surface area contributed by atoms with Crippen molar-refractivity contribution >= 4 is 27.7 Å². The van der Waals surface area contributed by atoms with Crippen molar-refractivity contribution in [3.05, 3.63) is 65.9 Å². The number of carbonyl (C=O) groups excluding carboxylic acids is 1. The summed E-state index contributed by atoms with van der Waals surface area (Å²) < 4.78 is 63.5. The van der Waals surface area contributed by atoms with Crippen molar-refractivity contribution in [1.29, 1.82) is 0 Å². The van der Waals surface area contributed by atoms with E-state index in [1.54, 1.807) is 16.7 Å². The van der Waals surface area contributed by atoms with E-state index in [4.69, 9.17) is 5.14 Å². The molecule has 1 fully saturated rings. The van der Waals surface area contributed by atoms with Crippen LogP contribution in [0.2, 0.25) is 0 Å². The Bertz CT molecular complexity index is 1270. The molecule has 2 N–H and O–H groups in total. The van der Waals surface area contributed by atoms with Crippen LogP contribution in [0.4, 0.5) is 13.2 Å². The van der Waals surface area contributed by atoms with Crippen molar-refractivity contribution in [2.75, 3.05) is 24.6 Å². The zero-order valence-electron chi connectivity index (χ0n) is 17.1. The third-order valence-electron chi connectivity index (χ3n) is 5.14. The van der Waals surface area contributed by atoms with E-state index in [-0.39, 0.29) is 16.5 Å². The summed E-state index contributed by atoms with van der Waals surface area (Å²) in [6.45, 7) is 1.16. The van der Waals surface area contributed by atoms with Crippen molar-refractivity contribution in [2.24, 2.45) is 5.14 Å². The van der Waals surface area contributed by atoms with E-state index >= 15 is 0 Å². The standard InChI is InChI=1S/C21H19F3N4O3S2/c22-21(23,24)15-3-1-14(2-4-15)19-13-18(20(29)27-9-11-32-12-10-27)26-28(19)16-5-7-17(8-6-16)33(25,30)31/h1-8,13H,9-12H2,(H2,25,30,31). The van der Waals surface area contributed by atoms with Crippen LogP contribution in [0.1, 0.15) is 16.1 Å². The van der Waals surface area contributed by atoms with Crippen LogP contribution < -0.4 is 5.14 Å². The summed E-state index contributed by atoms with van der Waals surface area (Å²) in [5.41, 5.74) is 0.580. The number of amides is 1. The summed E-state index contributed by atoms with van der Waals surface area (Å²) in [4.78, 5) is 14.6. The Hall–Kier alpha value is -2.83. The number of nitrogens with two attached hydrogens (primary N) is 1. The zero-order valence-corrected chi connectivity index (χ0v) is 18.8. The van der Waals surface area contributed by atoms with Gasteiger partial charge < -0.3 is 4.90 Å². The second-order valence-corrected chi connectivity index (χ2v) is 10.1. The summed E-state index contributed by atoms with van der Waals surface area (Å²) in [6, 6.07) is 11.6. The average molecular weight is 497 g/mol. The minimum Gasteiger partial charge on any atom is -0.336 e. The number of halogens is 3. The van der Waals surface area contributed by atoms with Gasteiger partial charge in [0.05, 0.1) is 21.8 Å². The molecular weight excluding hydrogens is 477 g/mol. The number of aromatic nitrogens is 2. The number of rotatable bonds is 4. The Morgan fingerprint density at radius 3 is 2.15 bits per heavy atom. The first-order chi connectivity index (χ1) is 15.5. The number of benzene rings is 2. The van der Waals surface area contributed by atoms with Crippen LogP contribution in [0.5, 0.6) is 0 Å². The molecular formula is C21H19F3N4O3S2. The van der Waals surface area contributed by atoms with Crippen molar-refractivity contribution in [3.63, 3.8) is 0 Å². The molecule has 1 saturated heterocycles. The number of thioether (sulfide) groups is 1. The Balaban J connectivity index is 1.78. The smallest absolute Gasteiger partial charge is 0.336 e. The fourth-order valence-electron chi connectivity index (χ4n) is 3.42. The maximum atomic E-state index is 13.0. The van der Waals surface area contributed by atoms with Crippen LogP contribution in [-0.4, -0.2) is 53.6 Å². The van der Waals surface area contributed by atoms with Gasteiger partial charge in [-0.25, -0.2) is 18.2 Å². The van der Waals surface area contributed by atoms with Gasteiger partial charge in [0.1, 0.15) is 0 Å². The summed E-state index contributed by atoms with van der Waals surface area (Å²) in [6.07, 6.45) is -4.48. The van der Waals surface area contributed by atoms with Gasteiger partial charge in [-0.3, -0.25) is 4.79 Å². The molecule has 0 unspecified atom stereocenters. The maximum Gasteiger partial charge on any atom is 0.416 e. The van der Waals surface area contributed by atoms with Crippen LogP contribution in [-0.2, 0) is 16.2 Å². The molecule has 0 atom stereocenters. The van der Waals surface area contributed by atoms with Crippen molar-refractivity contribution < 1.29 is 26.4 Å². The first-order valence-electron chi connectivity index (χ1n) is 9.82. The van der Waals surface area contributed by atoms with Gasteiger partial charge in [0.25, 0.3) is 5.91 Å². The van der Waals surface area contributed by atoms with Gasteiger partial charge in [-0.15, -0.1) is 0 Å². The molecule has 33 heavy (non-hydrogen) atoms. The van der Waals surface area contributed by atoms with Gasteiger partial charge in [0, 0.05) is 30.2 Å². The fraction of sp³-hybridized carbons (Fsp3) is 0.238. The molecule has 0 saturated carbocycles. The molecule has 0 aliphatic carbocycles. The number of carbonyl (C=O) groups is 1. The quantitative estimate of drug-likeness (QED) is 0.597. The third kappa shape index (κ3) is 5.07. The molecule has 0 spiro atoms. The lowest BCUT2D eigenvalue weighted by Crippen LogP contribution is -2.38. The predicted molar refractivity (Wildman–Crippen MR) is 119 cm³/mol. The molecule has 0 bridgehead atoms. The van der Waals surface area contributed by atoms with Gasteiger partial charge in [0.2, 0.25) is 10.0 Å². The van der Waals surface area contributed by atoms with Crippen molar-refractivity contribution in [3.8, 4) is 16.9 Å². The van der Waals surface area contributed by atoms with E-state index in [2.05, 4.69) is 5.10 Å². The lowest BCUT2D eigenvalue weighted by molar-refractivity contribution is -0.137. The lowest BCUT2D eigenvalue weighted by atomic mass is 10.1. The number of primary sulfonamides is 1. The first kappa shape index (κ1) is 23.3. The highest BCUT2D eigenvalue weighted by Crippen LogP contribution is 2.32. The van der Waals surface area contributed by atoms with E-state index in [1.807, 2.05) is 0 Å². The van der Waals surface area contributed by atoms with Crippen LogP contribution in [0.15, 0.2) is 59.5 Å². The number of alkyl halides is 3. The molecule has 0 radical (unpaired) electrons. The minimum absolute atomic E-state index is 0.100. The molecule has 7 nitrogen and oxygen atoms in total.